The molecule has 4 fully saturated rings. The third kappa shape index (κ3) is 2.99. The Labute approximate surface area is 104 Å². The topological polar surface area (TPSA) is 12.0 Å². The summed E-state index contributed by atoms with van der Waals surface area (Å²) < 4.78 is 0. The highest BCUT2D eigenvalue weighted by Gasteiger charge is 2.44. The van der Waals surface area contributed by atoms with Gasteiger partial charge in [0.2, 0.25) is 0 Å². The molecule has 0 aromatic rings. The molecule has 0 saturated carbocycles. The number of nitrogens with zero attached hydrogens (tertiary/aromatic N) is 4. The van der Waals surface area contributed by atoms with Gasteiger partial charge in [0.25, 0.3) is 0 Å². The van der Waals surface area contributed by atoms with Crippen molar-refractivity contribution < 1.29 is 0 Å². The quantitative estimate of drug-likeness (QED) is 0.513. The summed E-state index contributed by atoms with van der Waals surface area (Å²) in [4.78, 5) is 10.5. The van der Waals surface area contributed by atoms with Crippen molar-refractivity contribution >= 4 is 0 Å². The van der Waals surface area contributed by atoms with E-state index in [-0.39, 0.29) is 0 Å². The van der Waals surface area contributed by atoms with Crippen LogP contribution in [0.15, 0.2) is 0 Å². The second-order valence-corrected chi connectivity index (χ2v) is 6.60. The van der Waals surface area contributed by atoms with E-state index < -0.39 is 0 Å². The van der Waals surface area contributed by atoms with Gasteiger partial charge in [-0.15, -0.1) is 0 Å². The summed E-state index contributed by atoms with van der Waals surface area (Å²) in [5, 5.41) is 0. The highest BCUT2D eigenvalue weighted by molar-refractivity contribution is 4.99. The van der Waals surface area contributed by atoms with Crippen LogP contribution in [0.25, 0.3) is 0 Å². The van der Waals surface area contributed by atoms with Crippen LogP contribution in [0.2, 0.25) is 0 Å². The molecule has 4 aliphatic rings. The molecule has 96 valence electrons. The van der Waals surface area contributed by atoms with Crippen LogP contribution in [-0.2, 0) is 0 Å². The van der Waals surface area contributed by atoms with Crippen molar-refractivity contribution in [2.75, 3.05) is 78.5 Å². The number of hydrogen-bond donors (Lipinski definition) is 0. The van der Waals surface area contributed by atoms with Crippen molar-refractivity contribution in [3.63, 3.8) is 0 Å². The van der Waals surface area contributed by atoms with Crippen LogP contribution in [0, 0.1) is 5.41 Å². The zero-order chi connectivity index (χ0) is 11.3. The minimum absolute atomic E-state index is 0.542. The molecule has 0 atom stereocenters. The molecule has 4 nitrogen and oxygen atoms in total. The molecule has 4 heteroatoms. The molecule has 0 spiro atoms. The maximum atomic E-state index is 2.64. The standard InChI is InChI=1S/C13H24N4/c1-2-14(1)9-13(10-15-3-4-15,11-16-5-6-16)12-17-7-8-17/h1-12H2. The predicted octanol–water partition coefficient (Wildman–Crippen LogP) is -0.765. The van der Waals surface area contributed by atoms with Gasteiger partial charge in [-0.1, -0.05) is 0 Å². The van der Waals surface area contributed by atoms with Crippen molar-refractivity contribution in [2.45, 2.75) is 0 Å². The van der Waals surface area contributed by atoms with Crippen LogP contribution in [-0.4, -0.2) is 98.1 Å². The molecule has 0 radical (unpaired) electrons. The summed E-state index contributed by atoms with van der Waals surface area (Å²) in [6, 6.07) is 0. The van der Waals surface area contributed by atoms with Crippen LogP contribution in [0.5, 0.6) is 0 Å². The smallest absolute Gasteiger partial charge is 0.0212 e. The van der Waals surface area contributed by atoms with Crippen molar-refractivity contribution in [1.82, 2.24) is 19.6 Å². The summed E-state index contributed by atoms with van der Waals surface area (Å²) in [6.07, 6.45) is 0. The molecule has 0 aromatic carbocycles. The first-order valence-electron chi connectivity index (χ1n) is 7.21. The summed E-state index contributed by atoms with van der Waals surface area (Å²) in [6.45, 7) is 16.2. The van der Waals surface area contributed by atoms with Crippen molar-refractivity contribution in [3.8, 4) is 0 Å². The van der Waals surface area contributed by atoms with E-state index in [0.29, 0.717) is 5.41 Å². The Balaban J connectivity index is 1.46. The van der Waals surface area contributed by atoms with E-state index in [4.69, 9.17) is 0 Å². The maximum Gasteiger partial charge on any atom is 0.0212 e. The molecule has 0 aliphatic carbocycles. The van der Waals surface area contributed by atoms with E-state index >= 15 is 0 Å². The predicted molar refractivity (Wildman–Crippen MR) is 68.2 cm³/mol. The van der Waals surface area contributed by atoms with Gasteiger partial charge in [0, 0.05) is 84.0 Å². The normalized spacial score (nSPS) is 29.6. The first-order chi connectivity index (χ1) is 8.31. The minimum Gasteiger partial charge on any atom is -0.300 e. The first-order valence-corrected chi connectivity index (χ1v) is 7.21. The van der Waals surface area contributed by atoms with E-state index in [1.807, 2.05) is 0 Å². The fraction of sp³-hybridized carbons (Fsp3) is 1.00. The molecule has 0 N–H and O–H groups in total. The van der Waals surface area contributed by atoms with Gasteiger partial charge in [-0.25, -0.2) is 0 Å². The highest BCUT2D eigenvalue weighted by atomic mass is 15.3. The molecule has 4 aliphatic heterocycles. The van der Waals surface area contributed by atoms with Crippen LogP contribution in [0.3, 0.4) is 0 Å². The average molecular weight is 236 g/mol. The zero-order valence-corrected chi connectivity index (χ0v) is 10.8. The Bertz CT molecular complexity index is 228. The van der Waals surface area contributed by atoms with Crippen LogP contribution in [0.4, 0.5) is 0 Å². The summed E-state index contributed by atoms with van der Waals surface area (Å²) in [7, 11) is 0. The zero-order valence-electron chi connectivity index (χ0n) is 10.8. The van der Waals surface area contributed by atoms with Crippen LogP contribution >= 0.6 is 0 Å². The van der Waals surface area contributed by atoms with Gasteiger partial charge < -0.3 is 19.6 Å². The van der Waals surface area contributed by atoms with Gasteiger partial charge in [-0.3, -0.25) is 0 Å². The first kappa shape index (κ1) is 10.7. The lowest BCUT2D eigenvalue weighted by Crippen LogP contribution is -2.47. The molecule has 4 heterocycles. The monoisotopic (exact) mass is 236 g/mol. The Morgan fingerprint density at radius 2 is 0.706 bits per heavy atom. The largest absolute Gasteiger partial charge is 0.300 e. The molecular weight excluding hydrogens is 212 g/mol. The number of rotatable bonds is 8. The summed E-state index contributed by atoms with van der Waals surface area (Å²) >= 11 is 0. The van der Waals surface area contributed by atoms with E-state index in [9.17, 15) is 0 Å². The molecule has 4 saturated heterocycles. The second-order valence-electron chi connectivity index (χ2n) is 6.60. The highest BCUT2D eigenvalue weighted by Crippen LogP contribution is 2.32. The maximum absolute atomic E-state index is 2.64. The molecule has 0 aromatic heterocycles. The van der Waals surface area contributed by atoms with E-state index in [2.05, 4.69) is 19.6 Å². The van der Waals surface area contributed by atoms with E-state index in [1.165, 1.54) is 78.5 Å². The third-order valence-corrected chi connectivity index (χ3v) is 4.40. The summed E-state index contributed by atoms with van der Waals surface area (Å²) in [5.74, 6) is 0. The van der Waals surface area contributed by atoms with Crippen molar-refractivity contribution in [2.24, 2.45) is 5.41 Å². The van der Waals surface area contributed by atoms with Crippen molar-refractivity contribution in [3.05, 3.63) is 0 Å². The summed E-state index contributed by atoms with van der Waals surface area (Å²) in [5.41, 5.74) is 0.542. The van der Waals surface area contributed by atoms with Gasteiger partial charge in [0.1, 0.15) is 0 Å². The molecule has 0 unspecified atom stereocenters. The van der Waals surface area contributed by atoms with Gasteiger partial charge in [-0.05, 0) is 0 Å². The lowest BCUT2D eigenvalue weighted by atomic mass is 9.87. The number of hydrogen-bond acceptors (Lipinski definition) is 4. The second kappa shape index (κ2) is 3.92. The molecular formula is C13H24N4. The van der Waals surface area contributed by atoms with Gasteiger partial charge in [-0.2, -0.15) is 0 Å². The fourth-order valence-electron chi connectivity index (χ4n) is 3.11. The Kier molecular flexibility index (Phi) is 2.47. The van der Waals surface area contributed by atoms with Gasteiger partial charge in [0.15, 0.2) is 0 Å². The van der Waals surface area contributed by atoms with E-state index in [0.717, 1.165) is 0 Å². The third-order valence-electron chi connectivity index (χ3n) is 4.40. The fourth-order valence-corrected chi connectivity index (χ4v) is 3.11. The lowest BCUT2D eigenvalue weighted by molar-refractivity contribution is 0.140. The lowest BCUT2D eigenvalue weighted by Gasteiger charge is -2.36. The van der Waals surface area contributed by atoms with E-state index in [1.54, 1.807) is 0 Å². The Morgan fingerprint density at radius 3 is 0.882 bits per heavy atom. The minimum atomic E-state index is 0.542. The molecule has 17 heavy (non-hydrogen) atoms. The Morgan fingerprint density at radius 1 is 0.471 bits per heavy atom. The molecule has 4 rings (SSSR count). The van der Waals surface area contributed by atoms with Gasteiger partial charge >= 0.3 is 0 Å². The molecule has 0 amide bonds. The SMILES string of the molecule is C1CN1CC(CN1CC1)(CN1CC1)CN1CC1. The van der Waals surface area contributed by atoms with Crippen LogP contribution in [0.1, 0.15) is 0 Å². The Hall–Kier alpha value is -0.160. The van der Waals surface area contributed by atoms with Crippen LogP contribution < -0.4 is 0 Å². The van der Waals surface area contributed by atoms with Gasteiger partial charge in [0.05, 0.1) is 0 Å². The molecule has 0 bridgehead atoms. The average Bonchev–Trinajstić information content (AvgIpc) is 3.12. The van der Waals surface area contributed by atoms with Crippen molar-refractivity contribution in [1.29, 1.82) is 0 Å².